The summed E-state index contributed by atoms with van der Waals surface area (Å²) in [6, 6.07) is 3.00. The maximum atomic E-state index is 14.1. The molecule has 0 saturated carbocycles. The molecule has 0 spiro atoms. The molecule has 2 aliphatic heterocycles. The molecular weight excluding hydrogens is 261 g/mol. The van der Waals surface area contributed by atoms with Gasteiger partial charge < -0.3 is 15.2 Å². The van der Waals surface area contributed by atoms with Crippen molar-refractivity contribution >= 4 is 11.6 Å². The summed E-state index contributed by atoms with van der Waals surface area (Å²) in [6.45, 7) is 4.12. The number of halogens is 1. The van der Waals surface area contributed by atoms with Gasteiger partial charge in [0.05, 0.1) is 17.2 Å². The van der Waals surface area contributed by atoms with E-state index >= 15 is 0 Å². The summed E-state index contributed by atoms with van der Waals surface area (Å²) >= 11 is 0. The second-order valence-electron chi connectivity index (χ2n) is 6.00. The molecule has 3 rings (SSSR count). The molecule has 4 nitrogen and oxygen atoms in total. The molecule has 1 aromatic carbocycles. The zero-order valence-electron chi connectivity index (χ0n) is 11.6. The Bertz CT molecular complexity index is 564. The van der Waals surface area contributed by atoms with Crippen molar-refractivity contribution in [3.05, 3.63) is 29.1 Å². The van der Waals surface area contributed by atoms with Crippen molar-refractivity contribution in [2.24, 2.45) is 0 Å². The number of carbonyl (C=O) groups excluding carboxylic acids is 1. The van der Waals surface area contributed by atoms with E-state index in [9.17, 15) is 14.3 Å². The fraction of sp³-hybridized carbons (Fsp3) is 0.533. The number of aliphatic hydroxyl groups excluding tert-OH is 1. The molecule has 0 bridgehead atoms. The maximum Gasteiger partial charge on any atom is 0.234 e. The molecule has 0 aromatic heterocycles. The average Bonchev–Trinajstić information content (AvgIpc) is 2.99. The number of ether oxygens (including phenoxy) is 1. The molecule has 108 valence electrons. The molecule has 2 aliphatic rings. The van der Waals surface area contributed by atoms with Crippen LogP contribution in [0.4, 0.5) is 10.1 Å². The van der Waals surface area contributed by atoms with Gasteiger partial charge in [0.2, 0.25) is 5.91 Å². The quantitative estimate of drug-likeness (QED) is 0.873. The first-order valence-corrected chi connectivity index (χ1v) is 6.86. The molecule has 1 fully saturated rings. The normalized spacial score (nSPS) is 25.4. The molecule has 2 heterocycles. The molecule has 0 radical (unpaired) electrons. The Morgan fingerprint density at radius 2 is 2.25 bits per heavy atom. The minimum atomic E-state index is -0.858. The largest absolute Gasteiger partial charge is 0.386 e. The first kappa shape index (κ1) is 13.5. The lowest BCUT2D eigenvalue weighted by Crippen LogP contribution is -2.27. The van der Waals surface area contributed by atoms with Gasteiger partial charge in [-0.1, -0.05) is 0 Å². The summed E-state index contributed by atoms with van der Waals surface area (Å²) in [5.74, 6) is -0.733. The summed E-state index contributed by atoms with van der Waals surface area (Å²) in [5, 5.41) is 12.9. The van der Waals surface area contributed by atoms with Crippen LogP contribution in [0, 0.1) is 5.82 Å². The average molecular weight is 279 g/mol. The van der Waals surface area contributed by atoms with Crippen molar-refractivity contribution in [2.75, 3.05) is 11.9 Å². The van der Waals surface area contributed by atoms with Gasteiger partial charge in [0.1, 0.15) is 11.9 Å². The highest BCUT2D eigenvalue weighted by molar-refractivity contribution is 6.05. The summed E-state index contributed by atoms with van der Waals surface area (Å²) in [4.78, 5) is 11.9. The van der Waals surface area contributed by atoms with Gasteiger partial charge in [0, 0.05) is 6.61 Å². The SMILES string of the molecule is CC1(C)C(=O)Nc2c(F)cc(C(O)C3CCCO3)cc21. The predicted molar refractivity (Wildman–Crippen MR) is 72.0 cm³/mol. The number of carbonyl (C=O) groups is 1. The van der Waals surface area contributed by atoms with E-state index in [0.717, 1.165) is 12.8 Å². The number of fused-ring (bicyclic) bond motifs is 1. The number of rotatable bonds is 2. The second kappa shape index (κ2) is 4.53. The Kier molecular flexibility index (Phi) is 3.06. The highest BCUT2D eigenvalue weighted by atomic mass is 19.1. The fourth-order valence-corrected chi connectivity index (χ4v) is 2.88. The summed E-state index contributed by atoms with van der Waals surface area (Å²) in [6.07, 6.45) is 0.519. The van der Waals surface area contributed by atoms with E-state index < -0.39 is 17.3 Å². The topological polar surface area (TPSA) is 58.6 Å². The van der Waals surface area contributed by atoms with Crippen LogP contribution < -0.4 is 5.32 Å². The zero-order chi connectivity index (χ0) is 14.5. The van der Waals surface area contributed by atoms with E-state index in [1.165, 1.54) is 6.07 Å². The number of aliphatic hydroxyl groups is 1. The van der Waals surface area contributed by atoms with E-state index in [2.05, 4.69) is 5.32 Å². The van der Waals surface area contributed by atoms with Crippen molar-refractivity contribution < 1.29 is 19.0 Å². The Labute approximate surface area is 116 Å². The van der Waals surface area contributed by atoms with Crippen LogP contribution in [0.1, 0.15) is 43.9 Å². The highest BCUT2D eigenvalue weighted by Gasteiger charge is 2.41. The first-order valence-electron chi connectivity index (χ1n) is 6.86. The van der Waals surface area contributed by atoms with Gasteiger partial charge in [0.15, 0.2) is 0 Å². The molecule has 0 aliphatic carbocycles. The van der Waals surface area contributed by atoms with Crippen LogP contribution >= 0.6 is 0 Å². The molecule has 2 unspecified atom stereocenters. The highest BCUT2D eigenvalue weighted by Crippen LogP contribution is 2.41. The van der Waals surface area contributed by atoms with Crippen molar-refractivity contribution in [3.63, 3.8) is 0 Å². The number of nitrogens with one attached hydrogen (secondary N) is 1. The van der Waals surface area contributed by atoms with Gasteiger partial charge in [-0.05, 0) is 49.9 Å². The molecular formula is C15H18FNO3. The lowest BCUT2D eigenvalue weighted by Gasteiger charge is -2.21. The zero-order valence-corrected chi connectivity index (χ0v) is 11.6. The van der Waals surface area contributed by atoms with Gasteiger partial charge in [0.25, 0.3) is 0 Å². The maximum absolute atomic E-state index is 14.1. The monoisotopic (exact) mass is 279 g/mol. The standard InChI is InChI=1S/C15H18FNO3/c1-15(2)9-6-8(13(18)11-4-3-5-20-11)7-10(16)12(9)17-14(15)19/h6-7,11,13,18H,3-5H2,1-2H3,(H,17,19). The van der Waals surface area contributed by atoms with Crippen molar-refractivity contribution in [3.8, 4) is 0 Å². The van der Waals surface area contributed by atoms with Crippen LogP contribution in [0.2, 0.25) is 0 Å². The molecule has 2 N–H and O–H groups in total. The third-order valence-electron chi connectivity index (χ3n) is 4.25. The molecule has 1 aromatic rings. The van der Waals surface area contributed by atoms with Gasteiger partial charge in [-0.3, -0.25) is 4.79 Å². The summed E-state index contributed by atoms with van der Waals surface area (Å²) in [5.41, 5.74) is 0.498. The van der Waals surface area contributed by atoms with Crippen molar-refractivity contribution in [1.82, 2.24) is 0 Å². The number of hydrogen-bond donors (Lipinski definition) is 2. The Balaban J connectivity index is 2.01. The molecule has 20 heavy (non-hydrogen) atoms. The lowest BCUT2D eigenvalue weighted by atomic mass is 9.84. The Hall–Kier alpha value is -1.46. The lowest BCUT2D eigenvalue weighted by molar-refractivity contribution is -0.119. The van der Waals surface area contributed by atoms with E-state index in [0.29, 0.717) is 17.7 Å². The number of hydrogen-bond acceptors (Lipinski definition) is 3. The van der Waals surface area contributed by atoms with E-state index in [-0.39, 0.29) is 17.7 Å². The van der Waals surface area contributed by atoms with Gasteiger partial charge >= 0.3 is 0 Å². The first-order chi connectivity index (χ1) is 9.41. The van der Waals surface area contributed by atoms with Crippen molar-refractivity contribution in [1.29, 1.82) is 0 Å². The summed E-state index contributed by atoms with van der Waals surface area (Å²) < 4.78 is 19.6. The minimum Gasteiger partial charge on any atom is -0.386 e. The molecule has 1 amide bonds. The molecule has 1 saturated heterocycles. The van der Waals surface area contributed by atoms with Crippen LogP contribution in [0.25, 0.3) is 0 Å². The van der Waals surface area contributed by atoms with Crippen LogP contribution in [0.15, 0.2) is 12.1 Å². The smallest absolute Gasteiger partial charge is 0.234 e. The Morgan fingerprint density at radius 1 is 1.50 bits per heavy atom. The van der Waals surface area contributed by atoms with Crippen LogP contribution in [-0.4, -0.2) is 23.7 Å². The van der Waals surface area contributed by atoms with E-state index in [1.54, 1.807) is 19.9 Å². The van der Waals surface area contributed by atoms with Crippen LogP contribution in [0.5, 0.6) is 0 Å². The summed E-state index contributed by atoms with van der Waals surface area (Å²) in [7, 11) is 0. The number of amides is 1. The van der Waals surface area contributed by atoms with Gasteiger partial charge in [-0.2, -0.15) is 0 Å². The van der Waals surface area contributed by atoms with Gasteiger partial charge in [-0.25, -0.2) is 4.39 Å². The third kappa shape index (κ3) is 1.93. The minimum absolute atomic E-state index is 0.225. The molecule has 2 atom stereocenters. The Morgan fingerprint density at radius 3 is 2.90 bits per heavy atom. The second-order valence-corrected chi connectivity index (χ2v) is 6.00. The fourth-order valence-electron chi connectivity index (χ4n) is 2.88. The number of anilines is 1. The van der Waals surface area contributed by atoms with Gasteiger partial charge in [-0.15, -0.1) is 0 Å². The number of benzene rings is 1. The van der Waals surface area contributed by atoms with E-state index in [1.807, 2.05) is 0 Å². The van der Waals surface area contributed by atoms with Crippen molar-refractivity contribution in [2.45, 2.75) is 44.3 Å². The predicted octanol–water partition coefficient (Wildman–Crippen LogP) is 2.27. The van der Waals surface area contributed by atoms with Crippen LogP contribution in [-0.2, 0) is 14.9 Å². The van der Waals surface area contributed by atoms with Crippen LogP contribution in [0.3, 0.4) is 0 Å². The molecule has 5 heteroatoms. The van der Waals surface area contributed by atoms with E-state index in [4.69, 9.17) is 4.74 Å². The third-order valence-corrected chi connectivity index (χ3v) is 4.25.